The molecule has 110 valence electrons. The van der Waals surface area contributed by atoms with Crippen LogP contribution in [0.5, 0.6) is 0 Å². The summed E-state index contributed by atoms with van der Waals surface area (Å²) in [6.07, 6.45) is 2.14. The van der Waals surface area contributed by atoms with Gasteiger partial charge in [0.25, 0.3) is 0 Å². The second-order valence-corrected chi connectivity index (χ2v) is 6.77. The van der Waals surface area contributed by atoms with E-state index >= 15 is 0 Å². The van der Waals surface area contributed by atoms with Crippen LogP contribution < -0.4 is 0 Å². The first-order chi connectivity index (χ1) is 9.59. The standard InChI is InChI=1S/C14H20N2O3S/c1-2-13-6-3-4-7-14(13)20(18,19)16-9-5-8-15(12-17)10-11-16/h3-4,6-7,12H,2,5,8-11H2,1H3. The molecule has 5 nitrogen and oxygen atoms in total. The zero-order valence-electron chi connectivity index (χ0n) is 11.7. The van der Waals surface area contributed by atoms with Gasteiger partial charge in [-0.1, -0.05) is 25.1 Å². The van der Waals surface area contributed by atoms with Crippen LogP contribution >= 0.6 is 0 Å². The molecular formula is C14H20N2O3S. The van der Waals surface area contributed by atoms with Crippen molar-refractivity contribution in [2.45, 2.75) is 24.7 Å². The van der Waals surface area contributed by atoms with E-state index in [1.54, 1.807) is 17.0 Å². The Morgan fingerprint density at radius 3 is 2.60 bits per heavy atom. The lowest BCUT2D eigenvalue weighted by Gasteiger charge is -2.21. The van der Waals surface area contributed by atoms with Gasteiger partial charge >= 0.3 is 0 Å². The number of rotatable bonds is 4. The van der Waals surface area contributed by atoms with Crippen molar-refractivity contribution in [2.24, 2.45) is 0 Å². The van der Waals surface area contributed by atoms with Crippen LogP contribution in [0.15, 0.2) is 29.2 Å². The number of hydrogen-bond donors (Lipinski definition) is 0. The molecule has 0 aromatic heterocycles. The summed E-state index contributed by atoms with van der Waals surface area (Å²) in [7, 11) is -3.47. The van der Waals surface area contributed by atoms with Crippen molar-refractivity contribution in [3.05, 3.63) is 29.8 Å². The number of carbonyl (C=O) groups is 1. The van der Waals surface area contributed by atoms with Gasteiger partial charge < -0.3 is 4.90 Å². The Labute approximate surface area is 120 Å². The highest BCUT2D eigenvalue weighted by Crippen LogP contribution is 2.21. The SMILES string of the molecule is CCc1ccccc1S(=O)(=O)N1CCCN(C=O)CC1. The molecular weight excluding hydrogens is 276 g/mol. The van der Waals surface area contributed by atoms with Gasteiger partial charge in [0.15, 0.2) is 0 Å². The Hall–Kier alpha value is -1.40. The third kappa shape index (κ3) is 3.02. The number of hydrogen-bond acceptors (Lipinski definition) is 3. The van der Waals surface area contributed by atoms with Gasteiger partial charge in [-0.05, 0) is 24.5 Å². The molecule has 1 saturated heterocycles. The van der Waals surface area contributed by atoms with Crippen molar-refractivity contribution in [1.82, 2.24) is 9.21 Å². The molecule has 0 saturated carbocycles. The van der Waals surface area contributed by atoms with Gasteiger partial charge in [0, 0.05) is 26.2 Å². The number of benzene rings is 1. The fourth-order valence-corrected chi connectivity index (χ4v) is 4.21. The molecule has 1 aliphatic heterocycles. The lowest BCUT2D eigenvalue weighted by atomic mass is 10.2. The molecule has 1 fully saturated rings. The van der Waals surface area contributed by atoms with Crippen molar-refractivity contribution in [3.63, 3.8) is 0 Å². The molecule has 1 aliphatic rings. The van der Waals surface area contributed by atoms with Gasteiger partial charge in [-0.15, -0.1) is 0 Å². The smallest absolute Gasteiger partial charge is 0.243 e. The third-order valence-corrected chi connectivity index (χ3v) is 5.61. The number of sulfonamides is 1. The van der Waals surface area contributed by atoms with E-state index in [4.69, 9.17) is 0 Å². The van der Waals surface area contributed by atoms with Crippen LogP contribution in [-0.4, -0.2) is 50.2 Å². The lowest BCUT2D eigenvalue weighted by Crippen LogP contribution is -2.35. The second kappa shape index (κ2) is 6.37. The molecule has 0 N–H and O–H groups in total. The zero-order chi connectivity index (χ0) is 14.6. The largest absolute Gasteiger partial charge is 0.344 e. The van der Waals surface area contributed by atoms with E-state index in [-0.39, 0.29) is 0 Å². The van der Waals surface area contributed by atoms with Gasteiger partial charge in [-0.3, -0.25) is 4.79 Å². The average Bonchev–Trinajstić information content (AvgIpc) is 2.73. The van der Waals surface area contributed by atoms with Crippen LogP contribution in [0.3, 0.4) is 0 Å². The highest BCUT2D eigenvalue weighted by atomic mass is 32.2. The first-order valence-corrected chi connectivity index (χ1v) is 8.31. The number of nitrogens with zero attached hydrogens (tertiary/aromatic N) is 2. The molecule has 0 radical (unpaired) electrons. The molecule has 0 atom stereocenters. The van der Waals surface area contributed by atoms with E-state index in [1.165, 1.54) is 4.31 Å². The van der Waals surface area contributed by atoms with Crippen LogP contribution in [0.1, 0.15) is 18.9 Å². The van der Waals surface area contributed by atoms with Crippen molar-refractivity contribution < 1.29 is 13.2 Å². The Kier molecular flexibility index (Phi) is 4.77. The van der Waals surface area contributed by atoms with Crippen LogP contribution in [0, 0.1) is 0 Å². The predicted molar refractivity (Wildman–Crippen MR) is 76.8 cm³/mol. The fourth-order valence-electron chi connectivity index (χ4n) is 2.45. The molecule has 20 heavy (non-hydrogen) atoms. The van der Waals surface area contributed by atoms with Gasteiger partial charge in [0.1, 0.15) is 0 Å². The van der Waals surface area contributed by atoms with E-state index in [9.17, 15) is 13.2 Å². The lowest BCUT2D eigenvalue weighted by molar-refractivity contribution is -0.118. The number of amides is 1. The Bertz CT molecular complexity index is 572. The topological polar surface area (TPSA) is 57.7 Å². The molecule has 0 aliphatic carbocycles. The monoisotopic (exact) mass is 296 g/mol. The van der Waals surface area contributed by atoms with Gasteiger partial charge in [-0.2, -0.15) is 4.31 Å². The summed E-state index contributed by atoms with van der Waals surface area (Å²) < 4.78 is 27.0. The van der Waals surface area contributed by atoms with E-state index in [0.29, 0.717) is 43.9 Å². The van der Waals surface area contributed by atoms with Crippen molar-refractivity contribution in [1.29, 1.82) is 0 Å². The Morgan fingerprint density at radius 2 is 1.90 bits per heavy atom. The fraction of sp³-hybridized carbons (Fsp3) is 0.500. The third-order valence-electron chi connectivity index (χ3n) is 3.61. The summed E-state index contributed by atoms with van der Waals surface area (Å²) in [6.45, 7) is 3.84. The molecule has 6 heteroatoms. The van der Waals surface area contributed by atoms with Crippen molar-refractivity contribution in [2.75, 3.05) is 26.2 Å². The van der Waals surface area contributed by atoms with Crippen molar-refractivity contribution in [3.8, 4) is 0 Å². The van der Waals surface area contributed by atoms with E-state index in [1.807, 2.05) is 19.1 Å². The highest BCUT2D eigenvalue weighted by molar-refractivity contribution is 7.89. The summed E-state index contributed by atoms with van der Waals surface area (Å²) in [4.78, 5) is 12.8. The molecule has 1 aromatic rings. The van der Waals surface area contributed by atoms with Gasteiger partial charge in [0.2, 0.25) is 16.4 Å². The molecule has 1 heterocycles. The van der Waals surface area contributed by atoms with Crippen LogP contribution in [0.2, 0.25) is 0 Å². The molecule has 1 aromatic carbocycles. The molecule has 0 unspecified atom stereocenters. The average molecular weight is 296 g/mol. The normalized spacial score (nSPS) is 17.8. The first kappa shape index (κ1) is 15.0. The number of carbonyl (C=O) groups excluding carboxylic acids is 1. The molecule has 2 rings (SSSR count). The van der Waals surface area contributed by atoms with E-state index < -0.39 is 10.0 Å². The van der Waals surface area contributed by atoms with Gasteiger partial charge in [0.05, 0.1) is 4.90 Å². The van der Waals surface area contributed by atoms with E-state index in [2.05, 4.69) is 0 Å². The summed E-state index contributed by atoms with van der Waals surface area (Å²) in [6, 6.07) is 7.12. The first-order valence-electron chi connectivity index (χ1n) is 6.87. The maximum atomic E-state index is 12.7. The predicted octanol–water partition coefficient (Wildman–Crippen LogP) is 1.10. The summed E-state index contributed by atoms with van der Waals surface area (Å²) in [5.74, 6) is 0. The zero-order valence-corrected chi connectivity index (χ0v) is 12.5. The molecule has 1 amide bonds. The Balaban J connectivity index is 2.28. The minimum Gasteiger partial charge on any atom is -0.344 e. The second-order valence-electron chi connectivity index (χ2n) is 4.86. The summed E-state index contributed by atoms with van der Waals surface area (Å²) in [5, 5.41) is 0. The molecule has 0 bridgehead atoms. The minimum absolute atomic E-state index is 0.360. The van der Waals surface area contributed by atoms with Gasteiger partial charge in [-0.25, -0.2) is 8.42 Å². The maximum absolute atomic E-state index is 12.7. The molecule has 0 spiro atoms. The van der Waals surface area contributed by atoms with Crippen LogP contribution in [-0.2, 0) is 21.2 Å². The quantitative estimate of drug-likeness (QED) is 0.782. The minimum atomic E-state index is -3.47. The van der Waals surface area contributed by atoms with Crippen LogP contribution in [0.25, 0.3) is 0 Å². The Morgan fingerprint density at radius 1 is 1.15 bits per heavy atom. The van der Waals surface area contributed by atoms with Crippen LogP contribution in [0.4, 0.5) is 0 Å². The maximum Gasteiger partial charge on any atom is 0.243 e. The van der Waals surface area contributed by atoms with E-state index in [0.717, 1.165) is 12.0 Å². The number of aryl methyl sites for hydroxylation is 1. The highest BCUT2D eigenvalue weighted by Gasteiger charge is 2.27. The summed E-state index contributed by atoms with van der Waals surface area (Å²) >= 11 is 0. The van der Waals surface area contributed by atoms with Crippen molar-refractivity contribution >= 4 is 16.4 Å². The summed E-state index contributed by atoms with van der Waals surface area (Å²) in [5.41, 5.74) is 0.837.